The van der Waals surface area contributed by atoms with Crippen molar-refractivity contribution in [3.63, 3.8) is 0 Å². The van der Waals surface area contributed by atoms with Crippen LogP contribution in [0.4, 0.5) is 0 Å². The number of aliphatic carboxylic acids is 2. The highest BCUT2D eigenvalue weighted by atomic mass is 16.4. The molecule has 2 atom stereocenters. The van der Waals surface area contributed by atoms with Crippen LogP contribution in [0.15, 0.2) is 24.3 Å². The van der Waals surface area contributed by atoms with Gasteiger partial charge in [-0.15, -0.1) is 0 Å². The fraction of sp³-hybridized carbons (Fsp3) is 0.231. The Morgan fingerprint density at radius 3 is 2.63 bits per heavy atom. The predicted octanol–water partition coefficient (Wildman–Crippen LogP) is -2.80. The average molecular weight is 259 g/mol. The summed E-state index contributed by atoms with van der Waals surface area (Å²) in [4.78, 5) is 25.3. The number of hydrogen-bond acceptors (Lipinski definition) is 4. The Labute approximate surface area is 108 Å². The van der Waals surface area contributed by atoms with E-state index in [1.165, 1.54) is 5.32 Å². The number of H-pyrrole nitrogens is 1. The number of carbonyl (C=O) groups is 2. The molecule has 19 heavy (non-hydrogen) atoms. The Hall–Kier alpha value is -2.34. The zero-order valence-electron chi connectivity index (χ0n) is 9.88. The van der Waals surface area contributed by atoms with Crippen LogP contribution in [-0.4, -0.2) is 23.0 Å². The van der Waals surface area contributed by atoms with Crippen molar-refractivity contribution >= 4 is 22.8 Å². The number of nitrogens with one attached hydrogen (secondary N) is 1. The van der Waals surface area contributed by atoms with Gasteiger partial charge in [0.1, 0.15) is 12.0 Å². The van der Waals surface area contributed by atoms with E-state index in [-0.39, 0.29) is 6.42 Å². The van der Waals surface area contributed by atoms with Gasteiger partial charge in [-0.25, -0.2) is 0 Å². The largest absolute Gasteiger partial charge is 0.544 e. The van der Waals surface area contributed by atoms with Crippen LogP contribution in [0.25, 0.3) is 10.9 Å². The van der Waals surface area contributed by atoms with Crippen LogP contribution in [0, 0.1) is 0 Å². The maximum Gasteiger partial charge on any atom is 0.167 e. The van der Waals surface area contributed by atoms with Crippen molar-refractivity contribution < 1.29 is 25.1 Å². The van der Waals surface area contributed by atoms with Crippen LogP contribution in [-0.2, 0) is 16.0 Å². The first-order valence-corrected chi connectivity index (χ1v) is 5.94. The van der Waals surface area contributed by atoms with E-state index >= 15 is 0 Å². The Morgan fingerprint density at radius 1 is 1.21 bits per heavy atom. The molecule has 6 heteroatoms. The summed E-state index contributed by atoms with van der Waals surface area (Å²) >= 11 is 0. The van der Waals surface area contributed by atoms with E-state index in [1.807, 2.05) is 24.3 Å². The predicted molar refractivity (Wildman–Crippen MR) is 60.5 cm³/mol. The molecule has 1 aromatic carbocycles. The summed E-state index contributed by atoms with van der Waals surface area (Å²) in [6.45, 7) is 0. The fourth-order valence-electron chi connectivity index (χ4n) is 2.68. The Balaban J connectivity index is 2.19. The first-order valence-electron chi connectivity index (χ1n) is 5.94. The molecule has 1 aromatic heterocycles. The van der Waals surface area contributed by atoms with Crippen molar-refractivity contribution in [3.8, 4) is 0 Å². The molecular formula is C13H11N2O4-. The minimum absolute atomic E-state index is 0.242. The highest BCUT2D eigenvalue weighted by Crippen LogP contribution is 2.28. The molecule has 0 radical (unpaired) electrons. The topological polar surface area (TPSA) is 113 Å². The van der Waals surface area contributed by atoms with Crippen LogP contribution >= 0.6 is 0 Å². The molecule has 6 nitrogen and oxygen atoms in total. The number of hydrogen-bond donors (Lipinski definition) is 2. The lowest BCUT2D eigenvalue weighted by molar-refractivity contribution is -0.718. The fourth-order valence-corrected chi connectivity index (χ4v) is 2.68. The molecule has 2 aromatic rings. The highest BCUT2D eigenvalue weighted by molar-refractivity contribution is 5.88. The van der Waals surface area contributed by atoms with E-state index in [0.29, 0.717) is 5.69 Å². The first kappa shape index (κ1) is 11.7. The summed E-state index contributed by atoms with van der Waals surface area (Å²) in [5.41, 5.74) is 2.03. The SMILES string of the molecule is O=C([O-])[C@H]1Cc2c([nH]c3ccccc23)[C@H](C(=O)[O-])[NH2+]1. The van der Waals surface area contributed by atoms with Crippen molar-refractivity contribution in [1.29, 1.82) is 0 Å². The van der Waals surface area contributed by atoms with Crippen LogP contribution in [0.3, 0.4) is 0 Å². The van der Waals surface area contributed by atoms with E-state index < -0.39 is 24.0 Å². The third-order valence-electron chi connectivity index (χ3n) is 3.56. The summed E-state index contributed by atoms with van der Waals surface area (Å²) in [5.74, 6) is -2.57. The summed E-state index contributed by atoms with van der Waals surface area (Å²) in [5, 5.41) is 24.3. The zero-order valence-corrected chi connectivity index (χ0v) is 9.88. The second kappa shape index (κ2) is 4.10. The molecule has 2 heterocycles. The van der Waals surface area contributed by atoms with E-state index in [0.717, 1.165) is 16.5 Å². The summed E-state index contributed by atoms with van der Waals surface area (Å²) in [6.07, 6.45) is 0.242. The lowest BCUT2D eigenvalue weighted by Crippen LogP contribution is -2.97. The molecule has 0 aliphatic carbocycles. The van der Waals surface area contributed by atoms with Gasteiger partial charge in [0, 0.05) is 17.3 Å². The summed E-state index contributed by atoms with van der Waals surface area (Å²) < 4.78 is 0. The molecule has 3 N–H and O–H groups in total. The molecule has 0 unspecified atom stereocenters. The van der Waals surface area contributed by atoms with Crippen molar-refractivity contribution in [2.45, 2.75) is 18.5 Å². The van der Waals surface area contributed by atoms with Gasteiger partial charge in [-0.2, -0.15) is 0 Å². The van der Waals surface area contributed by atoms with Crippen LogP contribution in [0.5, 0.6) is 0 Å². The highest BCUT2D eigenvalue weighted by Gasteiger charge is 2.34. The minimum atomic E-state index is -1.31. The standard InChI is InChI=1S/C13H12N2O4/c16-12(17)9-5-7-6-3-1-2-4-8(6)14-10(7)11(15-9)13(18)19/h1-4,9,11,14-15H,5H2,(H,16,17)(H,18,19)/p-1/t9-,11-/m1/s1. The number of carbonyl (C=O) groups excluding carboxylic acids is 2. The average Bonchev–Trinajstić information content (AvgIpc) is 2.75. The quantitative estimate of drug-likeness (QED) is 0.606. The number of nitrogens with two attached hydrogens (primary N) is 1. The third-order valence-corrected chi connectivity index (χ3v) is 3.56. The molecular weight excluding hydrogens is 248 g/mol. The van der Waals surface area contributed by atoms with Gasteiger partial charge < -0.3 is 30.1 Å². The summed E-state index contributed by atoms with van der Waals surface area (Å²) in [6, 6.07) is 5.38. The number of carboxylic acid groups (broad SMARTS) is 2. The van der Waals surface area contributed by atoms with Crippen LogP contribution < -0.4 is 15.5 Å². The van der Waals surface area contributed by atoms with E-state index in [1.54, 1.807) is 0 Å². The monoisotopic (exact) mass is 259 g/mol. The first-order chi connectivity index (χ1) is 9.08. The number of benzene rings is 1. The maximum absolute atomic E-state index is 11.2. The number of aromatic nitrogens is 1. The molecule has 0 saturated heterocycles. The van der Waals surface area contributed by atoms with Gasteiger partial charge >= 0.3 is 0 Å². The number of para-hydroxylation sites is 1. The van der Waals surface area contributed by atoms with Gasteiger partial charge in [0.25, 0.3) is 0 Å². The molecule has 3 rings (SSSR count). The van der Waals surface area contributed by atoms with E-state index in [9.17, 15) is 19.8 Å². The molecule has 0 amide bonds. The van der Waals surface area contributed by atoms with Crippen molar-refractivity contribution in [2.75, 3.05) is 0 Å². The molecule has 1 aliphatic rings. The molecule has 1 aliphatic heterocycles. The van der Waals surface area contributed by atoms with Gasteiger partial charge in [-0.1, -0.05) is 18.2 Å². The zero-order chi connectivity index (χ0) is 13.6. The van der Waals surface area contributed by atoms with Crippen molar-refractivity contribution in [2.24, 2.45) is 0 Å². The number of fused-ring (bicyclic) bond motifs is 3. The Kier molecular flexibility index (Phi) is 2.53. The Morgan fingerprint density at radius 2 is 1.95 bits per heavy atom. The maximum atomic E-state index is 11.2. The molecule has 0 fully saturated rings. The van der Waals surface area contributed by atoms with E-state index in [2.05, 4.69) is 4.98 Å². The second-order valence-electron chi connectivity index (χ2n) is 4.68. The van der Waals surface area contributed by atoms with Crippen LogP contribution in [0.2, 0.25) is 0 Å². The van der Waals surface area contributed by atoms with Gasteiger partial charge in [-0.05, 0) is 11.6 Å². The number of aromatic amines is 1. The van der Waals surface area contributed by atoms with Crippen LogP contribution in [0.1, 0.15) is 17.3 Å². The lowest BCUT2D eigenvalue weighted by Gasteiger charge is -2.28. The number of carboxylic acids is 2. The van der Waals surface area contributed by atoms with E-state index in [4.69, 9.17) is 0 Å². The number of quaternary nitrogens is 1. The van der Waals surface area contributed by atoms with Crippen molar-refractivity contribution in [3.05, 3.63) is 35.5 Å². The van der Waals surface area contributed by atoms with Gasteiger partial charge in [0.2, 0.25) is 0 Å². The second-order valence-corrected chi connectivity index (χ2v) is 4.68. The van der Waals surface area contributed by atoms with Gasteiger partial charge in [-0.3, -0.25) is 0 Å². The molecule has 0 saturated carbocycles. The Bertz CT molecular complexity index is 676. The lowest BCUT2D eigenvalue weighted by atomic mass is 9.94. The minimum Gasteiger partial charge on any atom is -0.544 e. The normalized spacial score (nSPS) is 22.1. The number of rotatable bonds is 2. The van der Waals surface area contributed by atoms with Crippen molar-refractivity contribution in [1.82, 2.24) is 4.98 Å². The smallest absolute Gasteiger partial charge is 0.167 e. The molecule has 98 valence electrons. The molecule has 0 spiro atoms. The summed E-state index contributed by atoms with van der Waals surface area (Å²) in [7, 11) is 0. The molecule has 0 bridgehead atoms. The third kappa shape index (κ3) is 1.77. The van der Waals surface area contributed by atoms with Gasteiger partial charge in [0.15, 0.2) is 6.04 Å². The van der Waals surface area contributed by atoms with Gasteiger partial charge in [0.05, 0.1) is 11.7 Å².